The number of aryl methyl sites for hydroxylation is 1. The van der Waals surface area contributed by atoms with E-state index in [0.717, 1.165) is 7.05 Å². The van der Waals surface area contributed by atoms with Crippen LogP contribution in [0.1, 0.15) is 15.9 Å². The van der Waals surface area contributed by atoms with Crippen molar-refractivity contribution in [2.75, 3.05) is 7.05 Å². The fourth-order valence-corrected chi connectivity index (χ4v) is 2.02. The lowest BCUT2D eigenvalue weighted by Crippen LogP contribution is -2.69. The molecular formula is C13H12F3N3O3. The number of likely N-dealkylation sites (N-methyl/N-ethyl adjacent to an activating group) is 1. The van der Waals surface area contributed by atoms with Gasteiger partial charge < -0.3 is 5.32 Å². The molecule has 4 amide bonds. The van der Waals surface area contributed by atoms with Gasteiger partial charge in [-0.3, -0.25) is 19.8 Å². The Morgan fingerprint density at radius 2 is 1.95 bits per heavy atom. The van der Waals surface area contributed by atoms with Gasteiger partial charge in [-0.05, 0) is 19.1 Å². The Bertz CT molecular complexity index is 659. The Balaban J connectivity index is 2.39. The molecule has 9 heteroatoms. The first-order valence-corrected chi connectivity index (χ1v) is 6.15. The molecule has 2 N–H and O–H groups in total. The number of rotatable bonds is 2. The van der Waals surface area contributed by atoms with Gasteiger partial charge >= 0.3 is 12.2 Å². The monoisotopic (exact) mass is 315 g/mol. The molecule has 1 aliphatic heterocycles. The third kappa shape index (κ3) is 2.38. The lowest BCUT2D eigenvalue weighted by molar-refractivity contribution is -0.199. The van der Waals surface area contributed by atoms with Crippen molar-refractivity contribution in [3.8, 4) is 0 Å². The van der Waals surface area contributed by atoms with Gasteiger partial charge in [0.2, 0.25) is 0 Å². The third-order valence-electron chi connectivity index (χ3n) is 3.23. The standard InChI is InChI=1S/C13H12F3N3O3/c1-7-4-3-5-8(6-7)9(20)17-12(13(14,15)16)10(21)19(2)11(22)18-12/h3-6H,1-2H3,(H,17,20)(H,18,22). The molecular weight excluding hydrogens is 303 g/mol. The van der Waals surface area contributed by atoms with E-state index in [2.05, 4.69) is 0 Å². The summed E-state index contributed by atoms with van der Waals surface area (Å²) in [7, 11) is 0.893. The van der Waals surface area contributed by atoms with Gasteiger partial charge in [0.05, 0.1) is 0 Å². The molecule has 1 aromatic carbocycles. The summed E-state index contributed by atoms with van der Waals surface area (Å²) in [5, 5.41) is 3.10. The number of hydrogen-bond donors (Lipinski definition) is 2. The zero-order chi connectivity index (χ0) is 16.7. The molecule has 22 heavy (non-hydrogen) atoms. The van der Waals surface area contributed by atoms with Crippen LogP contribution in [-0.4, -0.2) is 41.6 Å². The van der Waals surface area contributed by atoms with Crippen LogP contribution in [0, 0.1) is 6.92 Å². The first-order chi connectivity index (χ1) is 10.1. The van der Waals surface area contributed by atoms with Crippen molar-refractivity contribution < 1.29 is 27.6 Å². The Morgan fingerprint density at radius 3 is 2.41 bits per heavy atom. The van der Waals surface area contributed by atoms with E-state index in [4.69, 9.17) is 0 Å². The number of benzene rings is 1. The minimum atomic E-state index is -5.19. The Labute approximate surface area is 123 Å². The number of alkyl halides is 3. The summed E-state index contributed by atoms with van der Waals surface area (Å²) in [6.07, 6.45) is -5.19. The van der Waals surface area contributed by atoms with Crippen LogP contribution in [0.4, 0.5) is 18.0 Å². The van der Waals surface area contributed by atoms with Crippen molar-refractivity contribution in [1.29, 1.82) is 0 Å². The lowest BCUT2D eigenvalue weighted by atomic mass is 10.1. The van der Waals surface area contributed by atoms with Gasteiger partial charge in [-0.15, -0.1) is 0 Å². The second-order valence-electron chi connectivity index (χ2n) is 4.87. The molecule has 1 aliphatic rings. The molecule has 1 fully saturated rings. The molecule has 0 spiro atoms. The lowest BCUT2D eigenvalue weighted by Gasteiger charge is -2.29. The van der Waals surface area contributed by atoms with Gasteiger partial charge in [0.25, 0.3) is 17.5 Å². The molecule has 0 bridgehead atoms. The number of carbonyl (C=O) groups is 3. The van der Waals surface area contributed by atoms with E-state index < -0.39 is 29.7 Å². The summed E-state index contributed by atoms with van der Waals surface area (Å²) in [6, 6.07) is 4.58. The average Bonchev–Trinajstić information content (AvgIpc) is 2.63. The number of amides is 4. The number of hydrogen-bond acceptors (Lipinski definition) is 3. The molecule has 2 rings (SSSR count). The fraction of sp³-hybridized carbons (Fsp3) is 0.308. The molecule has 0 aliphatic carbocycles. The number of halogens is 3. The van der Waals surface area contributed by atoms with Crippen LogP contribution in [0.5, 0.6) is 0 Å². The first kappa shape index (κ1) is 15.8. The first-order valence-electron chi connectivity index (χ1n) is 6.15. The van der Waals surface area contributed by atoms with Crippen LogP contribution in [-0.2, 0) is 4.79 Å². The molecule has 1 unspecified atom stereocenters. The molecule has 1 saturated heterocycles. The van der Waals surface area contributed by atoms with Crippen molar-refractivity contribution in [1.82, 2.24) is 15.5 Å². The average molecular weight is 315 g/mol. The SMILES string of the molecule is Cc1cccc(C(=O)NC2(C(F)(F)F)NC(=O)N(C)C2=O)c1. The molecule has 118 valence electrons. The number of nitrogens with zero attached hydrogens (tertiary/aromatic N) is 1. The summed E-state index contributed by atoms with van der Waals surface area (Å²) in [6.45, 7) is 1.66. The topological polar surface area (TPSA) is 78.5 Å². The van der Waals surface area contributed by atoms with Crippen LogP contribution in [0.15, 0.2) is 24.3 Å². The second kappa shape index (κ2) is 5.00. The van der Waals surface area contributed by atoms with E-state index in [-0.39, 0.29) is 10.5 Å². The van der Waals surface area contributed by atoms with Gasteiger partial charge in [0.15, 0.2) is 0 Å². The highest BCUT2D eigenvalue weighted by molar-refractivity contribution is 6.10. The second-order valence-corrected chi connectivity index (χ2v) is 4.87. The van der Waals surface area contributed by atoms with Gasteiger partial charge in [-0.25, -0.2) is 4.79 Å². The maximum absolute atomic E-state index is 13.3. The maximum Gasteiger partial charge on any atom is 0.440 e. The van der Waals surface area contributed by atoms with Crippen LogP contribution in [0.2, 0.25) is 0 Å². The highest BCUT2D eigenvalue weighted by atomic mass is 19.4. The zero-order valence-corrected chi connectivity index (χ0v) is 11.6. The summed E-state index contributed by atoms with van der Waals surface area (Å²) in [5.74, 6) is -2.71. The minimum absolute atomic E-state index is 0.0553. The van der Waals surface area contributed by atoms with Crippen LogP contribution in [0.3, 0.4) is 0 Å². The number of imide groups is 1. The predicted octanol–water partition coefficient (Wildman–Crippen LogP) is 1.17. The Morgan fingerprint density at radius 1 is 1.32 bits per heavy atom. The van der Waals surface area contributed by atoms with E-state index in [1.807, 2.05) is 0 Å². The van der Waals surface area contributed by atoms with E-state index in [1.54, 1.807) is 18.3 Å². The fourth-order valence-electron chi connectivity index (χ4n) is 2.02. The maximum atomic E-state index is 13.3. The van der Waals surface area contributed by atoms with Crippen LogP contribution >= 0.6 is 0 Å². The summed E-state index contributed by atoms with van der Waals surface area (Å²) in [4.78, 5) is 35.5. The largest absolute Gasteiger partial charge is 0.440 e. The summed E-state index contributed by atoms with van der Waals surface area (Å²) >= 11 is 0. The zero-order valence-electron chi connectivity index (χ0n) is 11.6. The van der Waals surface area contributed by atoms with Gasteiger partial charge in [-0.2, -0.15) is 13.2 Å². The highest BCUT2D eigenvalue weighted by Gasteiger charge is 2.68. The number of urea groups is 1. The van der Waals surface area contributed by atoms with E-state index >= 15 is 0 Å². The molecule has 1 atom stereocenters. The van der Waals surface area contributed by atoms with Crippen molar-refractivity contribution in [3.05, 3.63) is 35.4 Å². The van der Waals surface area contributed by atoms with E-state index in [1.165, 1.54) is 23.5 Å². The molecule has 0 radical (unpaired) electrons. The Hall–Kier alpha value is -2.58. The van der Waals surface area contributed by atoms with E-state index in [0.29, 0.717) is 5.56 Å². The molecule has 0 saturated carbocycles. The van der Waals surface area contributed by atoms with Crippen molar-refractivity contribution in [3.63, 3.8) is 0 Å². The van der Waals surface area contributed by atoms with Gasteiger partial charge in [0, 0.05) is 12.6 Å². The molecule has 1 aromatic rings. The van der Waals surface area contributed by atoms with Gasteiger partial charge in [0.1, 0.15) is 0 Å². The minimum Gasteiger partial charge on any atom is -0.314 e. The molecule has 0 aromatic heterocycles. The predicted molar refractivity (Wildman–Crippen MR) is 68.7 cm³/mol. The van der Waals surface area contributed by atoms with Crippen molar-refractivity contribution >= 4 is 17.8 Å². The van der Waals surface area contributed by atoms with Crippen LogP contribution < -0.4 is 10.6 Å². The molecule has 6 nitrogen and oxygen atoms in total. The summed E-state index contributed by atoms with van der Waals surface area (Å²) < 4.78 is 39.9. The summed E-state index contributed by atoms with van der Waals surface area (Å²) in [5.41, 5.74) is -2.85. The molecule has 1 heterocycles. The van der Waals surface area contributed by atoms with Crippen LogP contribution in [0.25, 0.3) is 0 Å². The normalized spacial score (nSPS) is 21.8. The highest BCUT2D eigenvalue weighted by Crippen LogP contribution is 2.33. The smallest absolute Gasteiger partial charge is 0.314 e. The van der Waals surface area contributed by atoms with Crippen molar-refractivity contribution in [2.45, 2.75) is 18.8 Å². The van der Waals surface area contributed by atoms with Gasteiger partial charge in [-0.1, -0.05) is 17.7 Å². The third-order valence-corrected chi connectivity index (χ3v) is 3.23. The number of nitrogens with one attached hydrogen (secondary N) is 2. The van der Waals surface area contributed by atoms with E-state index in [9.17, 15) is 27.6 Å². The quantitative estimate of drug-likeness (QED) is 0.804. The van der Waals surface area contributed by atoms with Crippen molar-refractivity contribution in [2.24, 2.45) is 0 Å². The number of carbonyl (C=O) groups excluding carboxylic acids is 3. The Kier molecular flexibility index (Phi) is 3.59.